The van der Waals surface area contributed by atoms with Crippen molar-refractivity contribution in [2.75, 3.05) is 36.5 Å². The number of piperazine rings is 1. The summed E-state index contributed by atoms with van der Waals surface area (Å²) >= 11 is 1.44. The van der Waals surface area contributed by atoms with Crippen LogP contribution in [0.25, 0.3) is 10.2 Å². The summed E-state index contributed by atoms with van der Waals surface area (Å²) in [4.78, 5) is 24.9. The smallest absolute Gasteiger partial charge is 0.323 e. The van der Waals surface area contributed by atoms with Crippen molar-refractivity contribution in [1.82, 2.24) is 14.9 Å². The molecule has 0 bridgehead atoms. The van der Waals surface area contributed by atoms with E-state index in [-0.39, 0.29) is 24.5 Å². The van der Waals surface area contributed by atoms with E-state index in [1.165, 1.54) is 17.4 Å². The first kappa shape index (κ1) is 19.5. The summed E-state index contributed by atoms with van der Waals surface area (Å²) in [5.74, 6) is -0.124. The van der Waals surface area contributed by atoms with Gasteiger partial charge < -0.3 is 14.9 Å². The van der Waals surface area contributed by atoms with Gasteiger partial charge in [0.1, 0.15) is 0 Å². The normalized spacial score (nSPS) is 17.0. The van der Waals surface area contributed by atoms with E-state index in [9.17, 15) is 9.18 Å². The maximum atomic E-state index is 14.5. The molecule has 9 heteroatoms. The highest BCUT2D eigenvalue weighted by Gasteiger charge is 2.29. The molecule has 0 spiro atoms. The number of carbonyl (C=O) groups is 1. The number of carbonyl (C=O) groups excluding carboxylic acids is 1. The van der Waals surface area contributed by atoms with Crippen molar-refractivity contribution in [3.8, 4) is 0 Å². The second-order valence-electron chi connectivity index (χ2n) is 7.03. The first-order valence-electron chi connectivity index (χ1n) is 9.48. The third-order valence-corrected chi connectivity index (χ3v) is 5.93. The Morgan fingerprint density at radius 1 is 1.38 bits per heavy atom. The number of aliphatic hydroxyl groups excluding tert-OH is 1. The predicted octanol–water partition coefficient (Wildman–Crippen LogP) is 3.11. The van der Waals surface area contributed by atoms with Crippen molar-refractivity contribution in [2.45, 2.75) is 19.4 Å². The van der Waals surface area contributed by atoms with Gasteiger partial charge in [-0.25, -0.2) is 19.2 Å². The number of fused-ring (bicyclic) bond motifs is 1. The van der Waals surface area contributed by atoms with E-state index >= 15 is 0 Å². The van der Waals surface area contributed by atoms with E-state index in [0.717, 1.165) is 10.2 Å². The minimum Gasteiger partial charge on any atom is -0.396 e. The number of halogens is 1. The molecule has 0 aliphatic carbocycles. The van der Waals surface area contributed by atoms with Crippen molar-refractivity contribution in [3.05, 3.63) is 47.9 Å². The lowest BCUT2D eigenvalue weighted by molar-refractivity contribution is 0.199. The third kappa shape index (κ3) is 4.15. The number of nitrogens with zero attached hydrogens (tertiary/aromatic N) is 4. The number of para-hydroxylation sites is 1. The van der Waals surface area contributed by atoms with Crippen LogP contribution in [0, 0.1) is 5.82 Å². The number of benzene rings is 1. The molecule has 3 heterocycles. The predicted molar refractivity (Wildman–Crippen MR) is 112 cm³/mol. The molecule has 1 unspecified atom stereocenters. The highest BCUT2D eigenvalue weighted by atomic mass is 32.1. The number of amides is 2. The molecule has 1 fully saturated rings. The summed E-state index contributed by atoms with van der Waals surface area (Å²) < 4.78 is 15.5. The molecule has 1 aliphatic heterocycles. The second-order valence-corrected chi connectivity index (χ2v) is 8.06. The van der Waals surface area contributed by atoms with Crippen LogP contribution in [0.15, 0.2) is 36.5 Å². The first-order valence-corrected chi connectivity index (χ1v) is 10.3. The Labute approximate surface area is 171 Å². The molecule has 152 valence electrons. The minimum absolute atomic E-state index is 0.0423. The van der Waals surface area contributed by atoms with E-state index in [1.807, 2.05) is 36.1 Å². The van der Waals surface area contributed by atoms with Gasteiger partial charge in [0.25, 0.3) is 0 Å². The van der Waals surface area contributed by atoms with Crippen LogP contribution in [-0.4, -0.2) is 58.3 Å². The molecule has 2 amide bonds. The Balaban J connectivity index is 1.41. The first-order chi connectivity index (χ1) is 14.0. The summed E-state index contributed by atoms with van der Waals surface area (Å²) in [5, 5.41) is 12.4. The van der Waals surface area contributed by atoms with Crippen LogP contribution in [0.5, 0.6) is 0 Å². The highest BCUT2D eigenvalue weighted by molar-refractivity contribution is 7.22. The zero-order valence-electron chi connectivity index (χ0n) is 16.0. The lowest BCUT2D eigenvalue weighted by atomic mass is 10.1. The fourth-order valence-electron chi connectivity index (χ4n) is 3.50. The van der Waals surface area contributed by atoms with Gasteiger partial charge in [0, 0.05) is 38.5 Å². The van der Waals surface area contributed by atoms with Crippen molar-refractivity contribution in [2.24, 2.45) is 0 Å². The average Bonchev–Trinajstić information content (AvgIpc) is 3.11. The van der Waals surface area contributed by atoms with Crippen LogP contribution in [0.2, 0.25) is 0 Å². The van der Waals surface area contributed by atoms with E-state index < -0.39 is 5.82 Å². The number of hydrogen-bond acceptors (Lipinski definition) is 6. The lowest BCUT2D eigenvalue weighted by Gasteiger charge is -2.40. The van der Waals surface area contributed by atoms with Gasteiger partial charge in [-0.1, -0.05) is 23.5 Å². The van der Waals surface area contributed by atoms with Gasteiger partial charge in [-0.05, 0) is 37.1 Å². The number of pyridine rings is 1. The zero-order chi connectivity index (χ0) is 20.4. The number of aliphatic hydroxyl groups is 1. The molecule has 1 aliphatic rings. The molecule has 0 saturated carbocycles. The largest absolute Gasteiger partial charge is 0.396 e. The standard InChI is InChI=1S/C20H22FN5O2S/c1-13-12-25(20(28)24-19-23-16-4-2-3-5-17(16)29-19)7-8-26(13)18-15(21)10-14(6-9-27)11-22-18/h2-5,10-11,13,27H,6-9,12H2,1H3,(H,23,24,28). The molecule has 2 N–H and O–H groups in total. The molecular weight excluding hydrogens is 393 g/mol. The van der Waals surface area contributed by atoms with E-state index in [0.29, 0.717) is 36.8 Å². The molecule has 7 nitrogen and oxygen atoms in total. The molecule has 0 radical (unpaired) electrons. The Kier molecular flexibility index (Phi) is 5.59. The van der Waals surface area contributed by atoms with Gasteiger partial charge in [0.2, 0.25) is 0 Å². The number of aromatic nitrogens is 2. The maximum Gasteiger partial charge on any atom is 0.323 e. The van der Waals surface area contributed by atoms with Gasteiger partial charge in [-0.2, -0.15) is 0 Å². The molecule has 2 aromatic heterocycles. The lowest BCUT2D eigenvalue weighted by Crippen LogP contribution is -2.55. The summed E-state index contributed by atoms with van der Waals surface area (Å²) in [6.07, 6.45) is 1.97. The van der Waals surface area contributed by atoms with Crippen LogP contribution >= 0.6 is 11.3 Å². The van der Waals surface area contributed by atoms with Crippen LogP contribution in [0.4, 0.5) is 20.1 Å². The van der Waals surface area contributed by atoms with Gasteiger partial charge in [0.05, 0.1) is 10.2 Å². The number of anilines is 2. The van der Waals surface area contributed by atoms with Crippen molar-refractivity contribution in [3.63, 3.8) is 0 Å². The van der Waals surface area contributed by atoms with Crippen LogP contribution in [-0.2, 0) is 6.42 Å². The Morgan fingerprint density at radius 2 is 2.21 bits per heavy atom. The summed E-state index contributed by atoms with van der Waals surface area (Å²) in [6, 6.07) is 8.86. The minimum atomic E-state index is -0.407. The number of urea groups is 1. The Morgan fingerprint density at radius 3 is 2.93 bits per heavy atom. The Bertz CT molecular complexity index is 994. The maximum absolute atomic E-state index is 14.5. The second kappa shape index (κ2) is 8.30. The number of hydrogen-bond donors (Lipinski definition) is 2. The molecule has 3 aromatic rings. The molecule has 1 aromatic carbocycles. The monoisotopic (exact) mass is 415 g/mol. The molecule has 1 atom stereocenters. The average molecular weight is 415 g/mol. The van der Waals surface area contributed by atoms with E-state index in [4.69, 9.17) is 5.11 Å². The molecule has 1 saturated heterocycles. The van der Waals surface area contributed by atoms with Crippen LogP contribution < -0.4 is 10.2 Å². The third-order valence-electron chi connectivity index (χ3n) is 4.97. The van der Waals surface area contributed by atoms with Gasteiger partial charge in [-0.3, -0.25) is 5.32 Å². The fraction of sp³-hybridized carbons (Fsp3) is 0.350. The van der Waals surface area contributed by atoms with Gasteiger partial charge in [0.15, 0.2) is 16.8 Å². The zero-order valence-corrected chi connectivity index (χ0v) is 16.8. The van der Waals surface area contributed by atoms with E-state index in [2.05, 4.69) is 15.3 Å². The molecular formula is C20H22FN5O2S. The molecule has 4 rings (SSSR count). The van der Waals surface area contributed by atoms with Gasteiger partial charge in [-0.15, -0.1) is 0 Å². The van der Waals surface area contributed by atoms with Crippen molar-refractivity contribution in [1.29, 1.82) is 0 Å². The van der Waals surface area contributed by atoms with E-state index in [1.54, 1.807) is 11.1 Å². The van der Waals surface area contributed by atoms with Crippen molar-refractivity contribution < 1.29 is 14.3 Å². The van der Waals surface area contributed by atoms with Crippen molar-refractivity contribution >= 4 is 38.5 Å². The summed E-state index contributed by atoms with van der Waals surface area (Å²) in [6.45, 7) is 3.30. The Hall–Kier alpha value is -2.78. The number of thiazole rings is 1. The summed E-state index contributed by atoms with van der Waals surface area (Å²) in [5.41, 5.74) is 1.52. The summed E-state index contributed by atoms with van der Waals surface area (Å²) in [7, 11) is 0. The van der Waals surface area contributed by atoms with Gasteiger partial charge >= 0.3 is 6.03 Å². The number of rotatable bonds is 4. The van der Waals surface area contributed by atoms with Crippen LogP contribution in [0.3, 0.4) is 0 Å². The topological polar surface area (TPSA) is 81.6 Å². The quantitative estimate of drug-likeness (QED) is 0.684. The molecule has 29 heavy (non-hydrogen) atoms. The highest BCUT2D eigenvalue weighted by Crippen LogP contribution is 2.26. The fourth-order valence-corrected chi connectivity index (χ4v) is 4.36. The SMILES string of the molecule is CC1CN(C(=O)Nc2nc3ccccc3s2)CCN1c1ncc(CCO)cc1F. The van der Waals surface area contributed by atoms with Crippen LogP contribution in [0.1, 0.15) is 12.5 Å². The number of nitrogens with one attached hydrogen (secondary N) is 1.